The lowest BCUT2D eigenvalue weighted by molar-refractivity contribution is -0.113. The fourth-order valence-electron chi connectivity index (χ4n) is 2.92. The maximum absolute atomic E-state index is 12.8. The molecule has 6 heteroatoms. The Morgan fingerprint density at radius 2 is 1.60 bits per heavy atom. The molecule has 0 fully saturated rings. The number of benzene rings is 3. The number of amides is 2. The third-order valence-electron chi connectivity index (χ3n) is 4.51. The molecule has 0 radical (unpaired) electrons. The number of hydrogen-bond acceptors (Lipinski definition) is 3. The molecule has 0 saturated heterocycles. The van der Waals surface area contributed by atoms with Gasteiger partial charge in [-0.05, 0) is 42.3 Å². The molecule has 30 heavy (non-hydrogen) atoms. The minimum atomic E-state index is -0.218. The standard InChI is InChI=1S/C24H23BrN2O2S/c1-17(19-7-3-2-4-8-19)26-24(29)21-9-5-6-10-22(21)27-23(28)16-30-15-18-11-13-20(25)14-12-18/h2-14,17H,15-16H2,1H3,(H,26,29)(H,27,28). The minimum Gasteiger partial charge on any atom is -0.345 e. The number of carbonyl (C=O) groups excluding carboxylic acids is 2. The van der Waals surface area contributed by atoms with Gasteiger partial charge in [0.1, 0.15) is 0 Å². The predicted molar refractivity (Wildman–Crippen MR) is 128 cm³/mol. The monoisotopic (exact) mass is 482 g/mol. The summed E-state index contributed by atoms with van der Waals surface area (Å²) in [4.78, 5) is 25.2. The number of rotatable bonds is 8. The van der Waals surface area contributed by atoms with Gasteiger partial charge in [-0.1, -0.05) is 70.5 Å². The van der Waals surface area contributed by atoms with Crippen LogP contribution in [0.4, 0.5) is 5.69 Å². The van der Waals surface area contributed by atoms with Crippen LogP contribution in [-0.2, 0) is 10.5 Å². The van der Waals surface area contributed by atoms with Crippen LogP contribution in [0, 0.1) is 0 Å². The van der Waals surface area contributed by atoms with E-state index in [1.54, 1.807) is 18.2 Å². The van der Waals surface area contributed by atoms with E-state index in [9.17, 15) is 9.59 Å². The summed E-state index contributed by atoms with van der Waals surface area (Å²) in [5.41, 5.74) is 3.15. The van der Waals surface area contributed by atoms with Gasteiger partial charge in [0.15, 0.2) is 0 Å². The van der Waals surface area contributed by atoms with E-state index in [1.165, 1.54) is 11.8 Å². The van der Waals surface area contributed by atoms with Gasteiger partial charge in [-0.25, -0.2) is 0 Å². The van der Waals surface area contributed by atoms with Crippen molar-refractivity contribution >= 4 is 45.2 Å². The van der Waals surface area contributed by atoms with E-state index in [0.717, 1.165) is 21.4 Å². The van der Waals surface area contributed by atoms with Gasteiger partial charge in [0.05, 0.1) is 23.0 Å². The smallest absolute Gasteiger partial charge is 0.253 e. The Labute approximate surface area is 189 Å². The van der Waals surface area contributed by atoms with Crippen molar-refractivity contribution in [2.24, 2.45) is 0 Å². The summed E-state index contributed by atoms with van der Waals surface area (Å²) in [5.74, 6) is 0.711. The van der Waals surface area contributed by atoms with E-state index in [-0.39, 0.29) is 17.9 Å². The van der Waals surface area contributed by atoms with E-state index < -0.39 is 0 Å². The number of hydrogen-bond donors (Lipinski definition) is 2. The Kier molecular flexibility index (Phi) is 8.11. The van der Waals surface area contributed by atoms with Gasteiger partial charge in [0.25, 0.3) is 5.91 Å². The molecule has 2 amide bonds. The van der Waals surface area contributed by atoms with Gasteiger partial charge >= 0.3 is 0 Å². The molecule has 1 atom stereocenters. The third-order valence-corrected chi connectivity index (χ3v) is 6.04. The number of carbonyl (C=O) groups is 2. The molecular formula is C24H23BrN2O2S. The van der Waals surface area contributed by atoms with Crippen LogP contribution in [0.3, 0.4) is 0 Å². The van der Waals surface area contributed by atoms with Crippen molar-refractivity contribution in [3.8, 4) is 0 Å². The molecule has 0 saturated carbocycles. The fraction of sp³-hybridized carbons (Fsp3) is 0.167. The van der Waals surface area contributed by atoms with Crippen LogP contribution in [0.2, 0.25) is 0 Å². The second kappa shape index (κ2) is 11.0. The largest absolute Gasteiger partial charge is 0.345 e. The minimum absolute atomic E-state index is 0.131. The third kappa shape index (κ3) is 6.47. The van der Waals surface area contributed by atoms with Crippen LogP contribution in [0.1, 0.15) is 34.5 Å². The van der Waals surface area contributed by atoms with Crippen molar-refractivity contribution in [3.63, 3.8) is 0 Å². The zero-order chi connectivity index (χ0) is 21.3. The first-order valence-electron chi connectivity index (χ1n) is 9.60. The molecular weight excluding hydrogens is 460 g/mol. The lowest BCUT2D eigenvalue weighted by atomic mass is 10.1. The first-order valence-corrected chi connectivity index (χ1v) is 11.5. The molecule has 2 N–H and O–H groups in total. The van der Waals surface area contributed by atoms with Crippen LogP contribution in [0.25, 0.3) is 0 Å². The lowest BCUT2D eigenvalue weighted by Gasteiger charge is -2.16. The predicted octanol–water partition coefficient (Wildman–Crippen LogP) is 5.81. The van der Waals surface area contributed by atoms with Crippen molar-refractivity contribution in [1.29, 1.82) is 0 Å². The zero-order valence-corrected chi connectivity index (χ0v) is 19.0. The van der Waals surface area contributed by atoms with Crippen LogP contribution >= 0.6 is 27.7 Å². The molecule has 0 aliphatic rings. The summed E-state index contributed by atoms with van der Waals surface area (Å²) in [6, 6.07) is 24.7. The van der Waals surface area contributed by atoms with Gasteiger partial charge < -0.3 is 10.6 Å². The molecule has 4 nitrogen and oxygen atoms in total. The van der Waals surface area contributed by atoms with E-state index in [1.807, 2.05) is 67.6 Å². The van der Waals surface area contributed by atoms with Crippen molar-refractivity contribution in [3.05, 3.63) is 100 Å². The Bertz CT molecular complexity index is 994. The summed E-state index contributed by atoms with van der Waals surface area (Å²) in [7, 11) is 0. The second-order valence-electron chi connectivity index (χ2n) is 6.82. The molecule has 154 valence electrons. The quantitative estimate of drug-likeness (QED) is 0.425. The number of thioether (sulfide) groups is 1. The maximum atomic E-state index is 12.8. The van der Waals surface area contributed by atoms with Gasteiger partial charge in [-0.2, -0.15) is 0 Å². The Morgan fingerprint density at radius 3 is 2.33 bits per heavy atom. The van der Waals surface area contributed by atoms with E-state index in [0.29, 0.717) is 17.0 Å². The second-order valence-corrected chi connectivity index (χ2v) is 8.72. The molecule has 3 aromatic rings. The molecule has 3 aromatic carbocycles. The van der Waals surface area contributed by atoms with Crippen molar-refractivity contribution < 1.29 is 9.59 Å². The molecule has 0 heterocycles. The Hall–Kier alpha value is -2.57. The van der Waals surface area contributed by atoms with E-state index >= 15 is 0 Å². The molecule has 0 aliphatic heterocycles. The summed E-state index contributed by atoms with van der Waals surface area (Å²) < 4.78 is 1.03. The summed E-state index contributed by atoms with van der Waals surface area (Å²) >= 11 is 4.95. The Morgan fingerprint density at radius 1 is 0.933 bits per heavy atom. The van der Waals surface area contributed by atoms with Crippen LogP contribution < -0.4 is 10.6 Å². The normalized spacial score (nSPS) is 11.5. The van der Waals surface area contributed by atoms with Crippen LogP contribution in [0.5, 0.6) is 0 Å². The van der Waals surface area contributed by atoms with E-state index in [4.69, 9.17) is 0 Å². The van der Waals surface area contributed by atoms with Crippen LogP contribution in [0.15, 0.2) is 83.3 Å². The highest BCUT2D eigenvalue weighted by atomic mass is 79.9. The summed E-state index contributed by atoms with van der Waals surface area (Å²) in [5, 5.41) is 5.87. The highest BCUT2D eigenvalue weighted by Crippen LogP contribution is 2.20. The van der Waals surface area contributed by atoms with Gasteiger partial charge in [-0.3, -0.25) is 9.59 Å². The zero-order valence-electron chi connectivity index (χ0n) is 16.6. The van der Waals surface area contributed by atoms with Crippen LogP contribution in [-0.4, -0.2) is 17.6 Å². The maximum Gasteiger partial charge on any atom is 0.253 e. The van der Waals surface area contributed by atoms with Crippen molar-refractivity contribution in [2.45, 2.75) is 18.7 Å². The Balaban J connectivity index is 1.56. The molecule has 0 aliphatic carbocycles. The van der Waals surface area contributed by atoms with Gasteiger partial charge in [0.2, 0.25) is 5.91 Å². The lowest BCUT2D eigenvalue weighted by Crippen LogP contribution is -2.28. The highest BCUT2D eigenvalue weighted by molar-refractivity contribution is 9.10. The first-order chi connectivity index (χ1) is 14.5. The average Bonchev–Trinajstić information content (AvgIpc) is 2.76. The SMILES string of the molecule is CC(NC(=O)c1ccccc1NC(=O)CSCc1ccc(Br)cc1)c1ccccc1. The molecule has 1 unspecified atom stereocenters. The highest BCUT2D eigenvalue weighted by Gasteiger charge is 2.16. The summed E-state index contributed by atoms with van der Waals surface area (Å²) in [6.45, 7) is 1.94. The molecule has 3 rings (SSSR count). The van der Waals surface area contributed by atoms with Gasteiger partial charge in [0, 0.05) is 10.2 Å². The van der Waals surface area contributed by atoms with E-state index in [2.05, 4.69) is 26.6 Å². The number of para-hydroxylation sites is 1. The summed E-state index contributed by atoms with van der Waals surface area (Å²) in [6.07, 6.45) is 0. The first kappa shape index (κ1) is 22.1. The van der Waals surface area contributed by atoms with Crippen molar-refractivity contribution in [2.75, 3.05) is 11.1 Å². The van der Waals surface area contributed by atoms with Gasteiger partial charge in [-0.15, -0.1) is 11.8 Å². The molecule has 0 bridgehead atoms. The number of anilines is 1. The fourth-order valence-corrected chi connectivity index (χ4v) is 3.97. The average molecular weight is 483 g/mol. The van der Waals surface area contributed by atoms with Crippen molar-refractivity contribution in [1.82, 2.24) is 5.32 Å². The topological polar surface area (TPSA) is 58.2 Å². The number of nitrogens with one attached hydrogen (secondary N) is 2. The molecule has 0 aromatic heterocycles. The molecule has 0 spiro atoms. The number of halogens is 1.